The monoisotopic (exact) mass is 477 g/mol. The van der Waals surface area contributed by atoms with E-state index >= 15 is 0 Å². The highest BCUT2D eigenvalue weighted by molar-refractivity contribution is 5.88. The zero-order valence-corrected chi connectivity index (χ0v) is 20.0. The Balaban J connectivity index is 1.28. The van der Waals surface area contributed by atoms with Crippen molar-refractivity contribution in [2.24, 2.45) is 0 Å². The van der Waals surface area contributed by atoms with Crippen LogP contribution in [0.4, 0.5) is 0 Å². The Bertz CT molecular complexity index is 1110. The summed E-state index contributed by atoms with van der Waals surface area (Å²) in [6.07, 6.45) is 5.99. The number of aliphatic hydroxyl groups excluding tert-OH is 1. The number of hydrogen-bond donors (Lipinski definition) is 4. The number of carbonyl (C=O) groups is 2. The van der Waals surface area contributed by atoms with Gasteiger partial charge in [0.05, 0.1) is 6.04 Å². The highest BCUT2D eigenvalue weighted by Gasteiger charge is 2.35. The molecule has 1 aromatic heterocycles. The molecule has 2 amide bonds. The van der Waals surface area contributed by atoms with Crippen LogP contribution in [0, 0.1) is 0 Å². The summed E-state index contributed by atoms with van der Waals surface area (Å²) < 4.78 is 0. The van der Waals surface area contributed by atoms with Crippen molar-refractivity contribution in [2.45, 2.75) is 69.7 Å². The van der Waals surface area contributed by atoms with Crippen LogP contribution in [-0.4, -0.2) is 56.8 Å². The molecule has 0 spiro atoms. The summed E-state index contributed by atoms with van der Waals surface area (Å²) in [5.74, 6) is -0.321. The Morgan fingerprint density at radius 1 is 1.03 bits per heavy atom. The maximum absolute atomic E-state index is 13.1. The fourth-order valence-electron chi connectivity index (χ4n) is 4.96. The lowest BCUT2D eigenvalue weighted by Gasteiger charge is -2.27. The van der Waals surface area contributed by atoms with Crippen LogP contribution in [0.1, 0.15) is 49.7 Å². The fourth-order valence-corrected chi connectivity index (χ4v) is 4.96. The van der Waals surface area contributed by atoms with Crippen molar-refractivity contribution in [3.8, 4) is 0 Å². The van der Waals surface area contributed by atoms with E-state index < -0.39 is 18.4 Å². The molecule has 0 radical (unpaired) electrons. The van der Waals surface area contributed by atoms with E-state index in [0.717, 1.165) is 48.6 Å². The average molecular weight is 478 g/mol. The maximum atomic E-state index is 13.1. The molecule has 7 nitrogen and oxygen atoms in total. The summed E-state index contributed by atoms with van der Waals surface area (Å²) >= 11 is 0. The molecule has 186 valence electrons. The van der Waals surface area contributed by atoms with Gasteiger partial charge in [0.25, 0.3) is 0 Å². The molecule has 1 fully saturated rings. The number of aryl methyl sites for hydroxylation is 1. The predicted molar refractivity (Wildman–Crippen MR) is 136 cm³/mol. The standard InChI is InChI=1S/C28H35N3O4/c32-26(16-6-2-5-12-20-10-3-1-4-11-20)31-17-9-15-25(31)27(33)30-24(28(34)35)18-21-19-29-23-14-8-7-13-22(21)23/h1,3-4,7-8,10-11,13-14,19,24-25,28-29,34-35H,2,5-6,9,12,15-18H2,(H,30,33). The molecule has 0 bridgehead atoms. The van der Waals surface area contributed by atoms with E-state index in [1.807, 2.05) is 48.7 Å². The molecule has 0 saturated carbocycles. The van der Waals surface area contributed by atoms with Gasteiger partial charge in [-0.05, 0) is 55.7 Å². The number of unbranched alkanes of at least 4 members (excludes halogenated alkanes) is 2. The summed E-state index contributed by atoms with van der Waals surface area (Å²) in [7, 11) is 0. The van der Waals surface area contributed by atoms with Gasteiger partial charge in [0, 0.05) is 30.1 Å². The van der Waals surface area contributed by atoms with Gasteiger partial charge < -0.3 is 25.4 Å². The van der Waals surface area contributed by atoms with Gasteiger partial charge in [-0.3, -0.25) is 9.59 Å². The molecule has 1 saturated heterocycles. The van der Waals surface area contributed by atoms with Gasteiger partial charge in [0.2, 0.25) is 11.8 Å². The molecule has 35 heavy (non-hydrogen) atoms. The van der Waals surface area contributed by atoms with Crippen LogP contribution in [0.2, 0.25) is 0 Å². The molecule has 4 N–H and O–H groups in total. The normalized spacial score (nSPS) is 16.7. The zero-order chi connectivity index (χ0) is 24.6. The predicted octanol–water partition coefficient (Wildman–Crippen LogP) is 3.30. The van der Waals surface area contributed by atoms with Crippen LogP contribution in [0.5, 0.6) is 0 Å². The van der Waals surface area contributed by atoms with Crippen LogP contribution >= 0.6 is 0 Å². The molecular formula is C28H35N3O4. The number of nitrogens with zero attached hydrogens (tertiary/aromatic N) is 1. The fraction of sp³-hybridized carbons (Fsp3) is 0.429. The number of carbonyl (C=O) groups excluding carboxylic acids is 2. The molecule has 1 aliphatic rings. The summed E-state index contributed by atoms with van der Waals surface area (Å²) in [6, 6.07) is 16.7. The third kappa shape index (κ3) is 6.50. The van der Waals surface area contributed by atoms with Crippen molar-refractivity contribution in [1.82, 2.24) is 15.2 Å². The molecule has 2 heterocycles. The third-order valence-electron chi connectivity index (χ3n) is 6.88. The second-order valence-corrected chi connectivity index (χ2v) is 9.38. The lowest BCUT2D eigenvalue weighted by molar-refractivity contribution is -0.140. The number of H-pyrrole nitrogens is 1. The quantitative estimate of drug-likeness (QED) is 0.251. The lowest BCUT2D eigenvalue weighted by atomic mass is 10.0. The zero-order valence-electron chi connectivity index (χ0n) is 20.0. The van der Waals surface area contributed by atoms with Crippen molar-refractivity contribution in [2.75, 3.05) is 6.54 Å². The summed E-state index contributed by atoms with van der Waals surface area (Å²) in [5.41, 5.74) is 3.16. The summed E-state index contributed by atoms with van der Waals surface area (Å²) in [6.45, 7) is 0.565. The molecule has 0 aliphatic carbocycles. The Labute approximate surface area is 206 Å². The third-order valence-corrected chi connectivity index (χ3v) is 6.88. The van der Waals surface area contributed by atoms with Gasteiger partial charge in [0.1, 0.15) is 6.04 Å². The molecule has 3 aromatic rings. The first kappa shape index (κ1) is 24.9. The van der Waals surface area contributed by atoms with E-state index in [9.17, 15) is 19.8 Å². The van der Waals surface area contributed by atoms with Crippen molar-refractivity contribution in [1.29, 1.82) is 0 Å². The van der Waals surface area contributed by atoms with Crippen LogP contribution in [-0.2, 0) is 22.4 Å². The number of aromatic nitrogens is 1. The molecule has 7 heteroatoms. The minimum Gasteiger partial charge on any atom is -0.366 e. The lowest BCUT2D eigenvalue weighted by Crippen LogP contribution is -2.52. The molecular weight excluding hydrogens is 442 g/mol. The number of benzene rings is 2. The smallest absolute Gasteiger partial charge is 0.243 e. The highest BCUT2D eigenvalue weighted by atomic mass is 16.5. The first-order chi connectivity index (χ1) is 17.0. The van der Waals surface area contributed by atoms with E-state index in [2.05, 4.69) is 22.4 Å². The molecule has 1 aliphatic heterocycles. The van der Waals surface area contributed by atoms with Crippen molar-refractivity contribution >= 4 is 22.7 Å². The Hall–Kier alpha value is -3.16. The molecule has 2 aromatic carbocycles. The minimum atomic E-state index is -1.71. The van der Waals surface area contributed by atoms with Gasteiger partial charge in [-0.1, -0.05) is 55.0 Å². The van der Waals surface area contributed by atoms with Gasteiger partial charge in [-0.25, -0.2) is 0 Å². The topological polar surface area (TPSA) is 106 Å². The van der Waals surface area contributed by atoms with Gasteiger partial charge in [-0.15, -0.1) is 0 Å². The van der Waals surface area contributed by atoms with Crippen LogP contribution < -0.4 is 5.32 Å². The Kier molecular flexibility index (Phi) is 8.55. The van der Waals surface area contributed by atoms with E-state index in [1.165, 1.54) is 5.56 Å². The number of aromatic amines is 1. The van der Waals surface area contributed by atoms with E-state index in [-0.39, 0.29) is 18.2 Å². The highest BCUT2D eigenvalue weighted by Crippen LogP contribution is 2.22. The number of likely N-dealkylation sites (tertiary alicyclic amines) is 1. The van der Waals surface area contributed by atoms with Gasteiger partial charge >= 0.3 is 0 Å². The average Bonchev–Trinajstić information content (AvgIpc) is 3.52. The first-order valence-electron chi connectivity index (χ1n) is 12.6. The first-order valence-corrected chi connectivity index (χ1v) is 12.6. The van der Waals surface area contributed by atoms with Crippen molar-refractivity contribution in [3.05, 3.63) is 71.9 Å². The number of rotatable bonds is 11. The number of hydrogen-bond acceptors (Lipinski definition) is 4. The maximum Gasteiger partial charge on any atom is 0.243 e. The van der Waals surface area contributed by atoms with Gasteiger partial charge in [0.15, 0.2) is 6.29 Å². The minimum absolute atomic E-state index is 0.0000802. The van der Waals surface area contributed by atoms with E-state index in [1.54, 1.807) is 4.90 Å². The van der Waals surface area contributed by atoms with Crippen LogP contribution in [0.15, 0.2) is 60.8 Å². The molecule has 4 rings (SSSR count). The SMILES string of the molecule is O=C(NC(Cc1c[nH]c2ccccc12)C(O)O)C1CCCN1C(=O)CCCCCc1ccccc1. The molecule has 2 atom stereocenters. The number of amides is 2. The molecule has 2 unspecified atom stereocenters. The number of nitrogens with one attached hydrogen (secondary N) is 2. The summed E-state index contributed by atoms with van der Waals surface area (Å²) in [5, 5.41) is 23.7. The van der Waals surface area contributed by atoms with Crippen molar-refractivity contribution < 1.29 is 19.8 Å². The van der Waals surface area contributed by atoms with Crippen molar-refractivity contribution in [3.63, 3.8) is 0 Å². The largest absolute Gasteiger partial charge is 0.366 e. The van der Waals surface area contributed by atoms with Crippen LogP contribution in [0.3, 0.4) is 0 Å². The second kappa shape index (κ2) is 12.0. The Morgan fingerprint density at radius 2 is 1.80 bits per heavy atom. The van der Waals surface area contributed by atoms with Gasteiger partial charge in [-0.2, -0.15) is 0 Å². The second-order valence-electron chi connectivity index (χ2n) is 9.38. The number of para-hydroxylation sites is 1. The van der Waals surface area contributed by atoms with E-state index in [4.69, 9.17) is 0 Å². The number of fused-ring (bicyclic) bond motifs is 1. The number of aliphatic hydroxyl groups is 2. The van der Waals surface area contributed by atoms with E-state index in [0.29, 0.717) is 19.4 Å². The summed E-state index contributed by atoms with van der Waals surface area (Å²) in [4.78, 5) is 30.8. The van der Waals surface area contributed by atoms with Crippen LogP contribution in [0.25, 0.3) is 10.9 Å². The Morgan fingerprint density at radius 3 is 2.60 bits per heavy atom.